The Morgan fingerprint density at radius 2 is 1.90 bits per heavy atom. The van der Waals surface area contributed by atoms with Gasteiger partial charge in [-0.2, -0.15) is 0 Å². The van der Waals surface area contributed by atoms with Crippen LogP contribution in [-0.4, -0.2) is 36.5 Å². The van der Waals surface area contributed by atoms with Crippen molar-refractivity contribution in [2.75, 3.05) is 25.0 Å². The number of aliphatic imine (C=N–C) groups is 1. The summed E-state index contributed by atoms with van der Waals surface area (Å²) in [4.78, 5) is 6.67. The fraction of sp³-hybridized carbons (Fsp3) is 0.500. The smallest absolute Gasteiger partial charge is 0.120 e. The number of benzene rings is 1. The maximum absolute atomic E-state index is 5.93. The van der Waals surface area contributed by atoms with E-state index in [0.717, 1.165) is 25.5 Å². The lowest BCUT2D eigenvalue weighted by Crippen LogP contribution is -2.44. The quantitative estimate of drug-likeness (QED) is 0.897. The van der Waals surface area contributed by atoms with Gasteiger partial charge in [0.05, 0.1) is 19.3 Å². The van der Waals surface area contributed by atoms with Crippen LogP contribution in [0.3, 0.4) is 0 Å². The third-order valence-electron chi connectivity index (χ3n) is 3.36. The fourth-order valence-corrected chi connectivity index (χ4v) is 2.36. The van der Waals surface area contributed by atoms with Crippen molar-refractivity contribution in [2.24, 2.45) is 10.7 Å². The molecular weight excluding hydrogens is 295 g/mol. The van der Waals surface area contributed by atoms with Crippen LogP contribution < -0.4 is 11.1 Å². The first kappa shape index (κ1) is 19.0. The molecule has 0 aromatic heterocycles. The summed E-state index contributed by atoms with van der Waals surface area (Å²) in [6.45, 7) is 8.77. The van der Waals surface area contributed by atoms with Gasteiger partial charge >= 0.3 is 0 Å². The van der Waals surface area contributed by atoms with E-state index in [9.17, 15) is 0 Å². The molecule has 1 aliphatic heterocycles. The van der Waals surface area contributed by atoms with E-state index >= 15 is 0 Å². The van der Waals surface area contributed by atoms with Gasteiger partial charge in [-0.1, -0.05) is 18.2 Å². The first-order valence-electron chi connectivity index (χ1n) is 6.45. The van der Waals surface area contributed by atoms with Gasteiger partial charge in [0, 0.05) is 12.2 Å². The highest BCUT2D eigenvalue weighted by atomic mass is 35.5. The number of nitrogens with zero attached hydrogens (tertiary/aromatic N) is 2. The fourth-order valence-electron chi connectivity index (χ4n) is 2.36. The minimum atomic E-state index is 0. The van der Waals surface area contributed by atoms with Gasteiger partial charge in [0.2, 0.25) is 0 Å². The number of aryl methyl sites for hydroxylation is 2. The summed E-state index contributed by atoms with van der Waals surface area (Å²) in [5, 5.41) is 3.48. The van der Waals surface area contributed by atoms with E-state index in [0.29, 0.717) is 0 Å². The van der Waals surface area contributed by atoms with Gasteiger partial charge in [-0.25, -0.2) is 0 Å². The molecule has 0 radical (unpaired) electrons. The second-order valence-corrected chi connectivity index (χ2v) is 4.85. The van der Waals surface area contributed by atoms with Crippen LogP contribution in [0.15, 0.2) is 23.2 Å². The van der Waals surface area contributed by atoms with E-state index < -0.39 is 0 Å². The second kappa shape index (κ2) is 8.35. The van der Waals surface area contributed by atoms with E-state index in [1.165, 1.54) is 16.8 Å². The van der Waals surface area contributed by atoms with Gasteiger partial charge in [-0.15, -0.1) is 24.8 Å². The van der Waals surface area contributed by atoms with Crippen LogP contribution in [0, 0.1) is 13.8 Å². The molecule has 0 saturated carbocycles. The summed E-state index contributed by atoms with van der Waals surface area (Å²) in [5.41, 5.74) is 9.67. The van der Waals surface area contributed by atoms with Gasteiger partial charge in [-0.3, -0.25) is 4.99 Å². The SMILES string of the molecule is Cc1cccc(C)c1NCC1=NCCN1C(C)N.Cl.Cl. The molecule has 0 aliphatic carbocycles. The summed E-state index contributed by atoms with van der Waals surface area (Å²) in [6, 6.07) is 6.32. The number of hydrogen-bond donors (Lipinski definition) is 2. The third kappa shape index (κ3) is 4.27. The Bertz CT molecular complexity index is 440. The Balaban J connectivity index is 0.00000180. The second-order valence-electron chi connectivity index (χ2n) is 4.85. The average molecular weight is 319 g/mol. The zero-order valence-electron chi connectivity index (χ0n) is 12.2. The van der Waals surface area contributed by atoms with Gasteiger partial charge in [-0.05, 0) is 31.9 Å². The first-order chi connectivity index (χ1) is 8.59. The van der Waals surface area contributed by atoms with Crippen molar-refractivity contribution < 1.29 is 0 Å². The summed E-state index contributed by atoms with van der Waals surface area (Å²) < 4.78 is 0. The molecule has 0 fully saturated rings. The lowest BCUT2D eigenvalue weighted by molar-refractivity contribution is 0.363. The highest BCUT2D eigenvalue weighted by Crippen LogP contribution is 2.19. The maximum Gasteiger partial charge on any atom is 0.120 e. The monoisotopic (exact) mass is 318 g/mol. The molecular formula is C14H24Cl2N4. The highest BCUT2D eigenvalue weighted by molar-refractivity contribution is 5.88. The van der Waals surface area contributed by atoms with E-state index in [1.54, 1.807) is 0 Å². The highest BCUT2D eigenvalue weighted by Gasteiger charge is 2.19. The third-order valence-corrected chi connectivity index (χ3v) is 3.36. The summed E-state index contributed by atoms with van der Waals surface area (Å²) >= 11 is 0. The zero-order valence-corrected chi connectivity index (χ0v) is 13.9. The molecule has 1 heterocycles. The van der Waals surface area contributed by atoms with E-state index in [1.807, 2.05) is 6.92 Å². The number of para-hydroxylation sites is 1. The van der Waals surface area contributed by atoms with Crippen LogP contribution in [-0.2, 0) is 0 Å². The van der Waals surface area contributed by atoms with Crippen molar-refractivity contribution in [3.05, 3.63) is 29.3 Å². The van der Waals surface area contributed by atoms with Crippen molar-refractivity contribution in [2.45, 2.75) is 26.9 Å². The Hall–Kier alpha value is -0.970. The number of hydrogen-bond acceptors (Lipinski definition) is 4. The number of nitrogens with two attached hydrogens (primary N) is 1. The standard InChI is InChI=1S/C14H22N4.2ClH/c1-10-5-4-6-11(2)14(10)17-9-13-16-7-8-18(13)12(3)15;;/h4-6,12,17H,7-9,15H2,1-3H3;2*1H. The minimum absolute atomic E-state index is 0. The first-order valence-corrected chi connectivity index (χ1v) is 6.45. The number of rotatable bonds is 4. The molecule has 114 valence electrons. The molecule has 1 aromatic rings. The van der Waals surface area contributed by atoms with Crippen LogP contribution in [0.25, 0.3) is 0 Å². The van der Waals surface area contributed by atoms with Crippen LogP contribution in [0.2, 0.25) is 0 Å². The Labute approximate surface area is 133 Å². The van der Waals surface area contributed by atoms with Crippen LogP contribution in [0.4, 0.5) is 5.69 Å². The molecule has 0 amide bonds. The van der Waals surface area contributed by atoms with Crippen LogP contribution in [0.5, 0.6) is 0 Å². The lowest BCUT2D eigenvalue weighted by atomic mass is 10.1. The summed E-state index contributed by atoms with van der Waals surface area (Å²) in [7, 11) is 0. The molecule has 20 heavy (non-hydrogen) atoms. The number of anilines is 1. The molecule has 0 saturated heterocycles. The van der Waals surface area contributed by atoms with Crippen LogP contribution in [0.1, 0.15) is 18.1 Å². The molecule has 3 N–H and O–H groups in total. The largest absolute Gasteiger partial charge is 0.377 e. The van der Waals surface area contributed by atoms with Crippen molar-refractivity contribution in [3.8, 4) is 0 Å². The summed E-state index contributed by atoms with van der Waals surface area (Å²) in [5.74, 6) is 1.06. The van der Waals surface area contributed by atoms with Crippen molar-refractivity contribution >= 4 is 36.3 Å². The Morgan fingerprint density at radius 3 is 2.45 bits per heavy atom. The topological polar surface area (TPSA) is 53.7 Å². The van der Waals surface area contributed by atoms with E-state index in [2.05, 4.69) is 47.3 Å². The predicted molar refractivity (Wildman–Crippen MR) is 91.6 cm³/mol. The molecule has 0 bridgehead atoms. The van der Waals surface area contributed by atoms with Gasteiger partial charge in [0.25, 0.3) is 0 Å². The molecule has 1 atom stereocenters. The van der Waals surface area contributed by atoms with Crippen LogP contribution >= 0.6 is 24.8 Å². The molecule has 6 heteroatoms. The molecule has 1 unspecified atom stereocenters. The molecule has 1 aliphatic rings. The van der Waals surface area contributed by atoms with Crippen molar-refractivity contribution in [1.82, 2.24) is 4.90 Å². The van der Waals surface area contributed by atoms with E-state index in [-0.39, 0.29) is 31.0 Å². The number of halogens is 2. The molecule has 4 nitrogen and oxygen atoms in total. The minimum Gasteiger partial charge on any atom is -0.377 e. The Kier molecular flexibility index (Phi) is 7.94. The maximum atomic E-state index is 5.93. The average Bonchev–Trinajstić information content (AvgIpc) is 2.76. The van der Waals surface area contributed by atoms with Gasteiger partial charge in [0.1, 0.15) is 5.84 Å². The zero-order chi connectivity index (χ0) is 13.1. The number of amidine groups is 1. The molecule has 0 spiro atoms. The molecule has 1 aromatic carbocycles. The molecule has 2 rings (SSSR count). The summed E-state index contributed by atoms with van der Waals surface area (Å²) in [6.07, 6.45) is 0.0333. The Morgan fingerprint density at radius 1 is 1.30 bits per heavy atom. The van der Waals surface area contributed by atoms with Gasteiger partial charge in [0.15, 0.2) is 0 Å². The van der Waals surface area contributed by atoms with Crippen molar-refractivity contribution in [1.29, 1.82) is 0 Å². The normalized spacial score (nSPS) is 15.0. The van der Waals surface area contributed by atoms with Crippen molar-refractivity contribution in [3.63, 3.8) is 0 Å². The predicted octanol–water partition coefficient (Wildman–Crippen LogP) is 2.58. The number of nitrogens with one attached hydrogen (secondary N) is 1. The van der Waals surface area contributed by atoms with E-state index in [4.69, 9.17) is 5.73 Å². The van der Waals surface area contributed by atoms with Gasteiger partial charge < -0.3 is 16.0 Å². The lowest BCUT2D eigenvalue weighted by Gasteiger charge is -2.25.